The first kappa shape index (κ1) is 24.1. The Labute approximate surface area is 213 Å². The van der Waals surface area contributed by atoms with Crippen LogP contribution in [0.4, 0.5) is 0 Å². The van der Waals surface area contributed by atoms with Crippen molar-refractivity contribution >= 4 is 17.7 Å². The molecule has 6 heteroatoms. The SMILES string of the molecule is CC1=CC[C@H]([C@@H](C)[C@H]2CC[C@@]3(C)C4=C(C(=O)C[C@]23C)[C@@H]2O[C@@]23C=CC(=O)OC(C)(C)[C@@H]3CC4)OC1=O. The lowest BCUT2D eigenvalue weighted by Crippen LogP contribution is -2.48. The molecule has 6 aliphatic rings. The monoisotopic (exact) mass is 494 g/mol. The van der Waals surface area contributed by atoms with Gasteiger partial charge in [-0.1, -0.05) is 32.4 Å². The lowest BCUT2D eigenvalue weighted by Gasteiger charge is -2.51. The van der Waals surface area contributed by atoms with Gasteiger partial charge in [0.2, 0.25) is 0 Å². The zero-order chi connectivity index (χ0) is 25.8. The van der Waals surface area contributed by atoms with Gasteiger partial charge in [-0.3, -0.25) is 4.79 Å². The number of ether oxygens (including phenoxy) is 3. The number of rotatable bonds is 2. The molecule has 2 fully saturated rings. The van der Waals surface area contributed by atoms with E-state index in [4.69, 9.17) is 14.2 Å². The van der Waals surface area contributed by atoms with Crippen molar-refractivity contribution in [3.05, 3.63) is 34.9 Å². The van der Waals surface area contributed by atoms with Gasteiger partial charge in [0.15, 0.2) is 5.78 Å². The highest BCUT2D eigenvalue weighted by Gasteiger charge is 2.71. The van der Waals surface area contributed by atoms with Crippen LogP contribution in [0.1, 0.15) is 80.1 Å². The molecule has 0 N–H and O–H groups in total. The van der Waals surface area contributed by atoms with E-state index in [1.165, 1.54) is 11.6 Å². The van der Waals surface area contributed by atoms with Crippen LogP contribution >= 0.6 is 0 Å². The minimum absolute atomic E-state index is 0.0150. The van der Waals surface area contributed by atoms with Crippen LogP contribution in [0, 0.1) is 28.6 Å². The molecule has 1 saturated heterocycles. The molecule has 1 spiro atoms. The van der Waals surface area contributed by atoms with Crippen LogP contribution in [0.15, 0.2) is 34.9 Å². The molecule has 3 aliphatic carbocycles. The molecule has 0 amide bonds. The summed E-state index contributed by atoms with van der Waals surface area (Å²) in [7, 11) is 0. The number of carbonyl (C=O) groups is 3. The Morgan fingerprint density at radius 3 is 2.56 bits per heavy atom. The molecule has 6 rings (SSSR count). The van der Waals surface area contributed by atoms with Crippen LogP contribution in [0.2, 0.25) is 0 Å². The number of hydrogen-bond acceptors (Lipinski definition) is 6. The number of carbonyl (C=O) groups excluding carboxylic acids is 3. The molecule has 36 heavy (non-hydrogen) atoms. The largest absolute Gasteiger partial charge is 0.458 e. The summed E-state index contributed by atoms with van der Waals surface area (Å²) in [6.45, 7) is 12.6. The van der Waals surface area contributed by atoms with Crippen LogP contribution in [-0.2, 0) is 28.6 Å². The lowest BCUT2D eigenvalue weighted by atomic mass is 9.52. The first-order valence-corrected chi connectivity index (χ1v) is 13.6. The van der Waals surface area contributed by atoms with Crippen molar-refractivity contribution in [1.82, 2.24) is 0 Å². The second kappa shape index (κ2) is 7.43. The molecule has 0 bridgehead atoms. The molecule has 8 atom stereocenters. The summed E-state index contributed by atoms with van der Waals surface area (Å²) in [4.78, 5) is 38.5. The summed E-state index contributed by atoms with van der Waals surface area (Å²) in [6.07, 6.45) is 9.77. The Morgan fingerprint density at radius 1 is 1.08 bits per heavy atom. The lowest BCUT2D eigenvalue weighted by molar-refractivity contribution is -0.156. The van der Waals surface area contributed by atoms with E-state index in [0.717, 1.165) is 37.7 Å². The standard InChI is InChI=1S/C30H38O6/c1-16-7-9-21(34-26(16)33)17(2)18-11-13-28(5)19-8-10-22-27(3,4)35-23(32)12-14-30(22)25(36-30)24(19)20(31)15-29(18,28)6/h7,12,14,17-18,21-22,25H,8-11,13,15H2,1-6H3/t17-,18+,21+,22-,25-,28-,29+,30+/m0/s1. The number of Topliss-reactive ketones (excluding diaryl/α,β-unsaturated/α-hetero) is 1. The zero-order valence-electron chi connectivity index (χ0n) is 22.3. The van der Waals surface area contributed by atoms with Gasteiger partial charge in [-0.2, -0.15) is 0 Å². The molecule has 1 saturated carbocycles. The minimum atomic E-state index is -0.680. The second-order valence-electron chi connectivity index (χ2n) is 13.1. The zero-order valence-corrected chi connectivity index (χ0v) is 22.3. The molecule has 0 radical (unpaired) electrons. The third-order valence-electron chi connectivity index (χ3n) is 11.2. The number of epoxide rings is 1. The second-order valence-corrected chi connectivity index (χ2v) is 13.1. The Hall–Kier alpha value is -2.21. The van der Waals surface area contributed by atoms with Gasteiger partial charge in [0.05, 0.1) is 0 Å². The predicted octanol–water partition coefficient (Wildman–Crippen LogP) is 5.02. The maximum Gasteiger partial charge on any atom is 0.333 e. The maximum absolute atomic E-state index is 14.0. The van der Waals surface area contributed by atoms with E-state index >= 15 is 0 Å². The fraction of sp³-hybridized carbons (Fsp3) is 0.700. The van der Waals surface area contributed by atoms with Gasteiger partial charge in [0.25, 0.3) is 0 Å². The summed E-state index contributed by atoms with van der Waals surface area (Å²) < 4.78 is 18.1. The number of ketones is 1. The third kappa shape index (κ3) is 3.03. The van der Waals surface area contributed by atoms with Crippen LogP contribution in [-0.4, -0.2) is 41.1 Å². The van der Waals surface area contributed by atoms with Crippen molar-refractivity contribution in [2.45, 2.75) is 103 Å². The van der Waals surface area contributed by atoms with E-state index in [9.17, 15) is 14.4 Å². The van der Waals surface area contributed by atoms with Gasteiger partial charge in [0.1, 0.15) is 23.4 Å². The molecule has 0 aromatic rings. The van der Waals surface area contributed by atoms with Gasteiger partial charge in [-0.05, 0) is 75.2 Å². The number of cyclic esters (lactones) is 2. The molecule has 194 valence electrons. The Bertz CT molecular complexity index is 1160. The first-order chi connectivity index (χ1) is 16.8. The number of hydrogen-bond donors (Lipinski definition) is 0. The summed E-state index contributed by atoms with van der Waals surface area (Å²) >= 11 is 0. The van der Waals surface area contributed by atoms with E-state index in [2.05, 4.69) is 20.8 Å². The van der Waals surface area contributed by atoms with Crippen LogP contribution in [0.3, 0.4) is 0 Å². The quantitative estimate of drug-likeness (QED) is 0.396. The van der Waals surface area contributed by atoms with Crippen molar-refractivity contribution in [1.29, 1.82) is 0 Å². The normalized spacial score (nSPS) is 45.7. The van der Waals surface area contributed by atoms with E-state index in [1.807, 2.05) is 26.0 Å². The Morgan fingerprint density at radius 2 is 1.83 bits per heavy atom. The molecule has 0 unspecified atom stereocenters. The maximum atomic E-state index is 14.0. The Kier molecular flexibility index (Phi) is 4.98. The fourth-order valence-electron chi connectivity index (χ4n) is 8.90. The Balaban J connectivity index is 1.37. The average Bonchev–Trinajstić information content (AvgIpc) is 3.47. The van der Waals surface area contributed by atoms with Crippen LogP contribution < -0.4 is 0 Å². The molecule has 0 aromatic carbocycles. The van der Waals surface area contributed by atoms with Crippen molar-refractivity contribution < 1.29 is 28.6 Å². The molecule has 3 heterocycles. The minimum Gasteiger partial charge on any atom is -0.458 e. The van der Waals surface area contributed by atoms with Gasteiger partial charge in [0, 0.05) is 36.0 Å². The van der Waals surface area contributed by atoms with Crippen molar-refractivity contribution in [3.63, 3.8) is 0 Å². The molecular formula is C30H38O6. The number of esters is 2. The average molecular weight is 495 g/mol. The van der Waals surface area contributed by atoms with Gasteiger partial charge in [-0.15, -0.1) is 0 Å². The molecule has 3 aliphatic heterocycles. The van der Waals surface area contributed by atoms with E-state index in [0.29, 0.717) is 12.0 Å². The van der Waals surface area contributed by atoms with E-state index < -0.39 is 11.2 Å². The van der Waals surface area contributed by atoms with Crippen molar-refractivity contribution in [3.8, 4) is 0 Å². The predicted molar refractivity (Wildman–Crippen MR) is 133 cm³/mol. The third-order valence-corrected chi connectivity index (χ3v) is 11.2. The summed E-state index contributed by atoms with van der Waals surface area (Å²) in [5.74, 6) is 0.0569. The van der Waals surface area contributed by atoms with Gasteiger partial charge < -0.3 is 14.2 Å². The number of allylic oxidation sites excluding steroid dienone is 1. The van der Waals surface area contributed by atoms with Crippen molar-refractivity contribution in [2.24, 2.45) is 28.6 Å². The number of fused-ring (bicyclic) bond motifs is 3. The van der Waals surface area contributed by atoms with Crippen LogP contribution in [0.25, 0.3) is 0 Å². The topological polar surface area (TPSA) is 82.2 Å². The molecule has 6 nitrogen and oxygen atoms in total. The highest BCUT2D eigenvalue weighted by atomic mass is 16.6. The van der Waals surface area contributed by atoms with E-state index in [-0.39, 0.29) is 58.5 Å². The highest BCUT2D eigenvalue weighted by Crippen LogP contribution is 2.70. The smallest absolute Gasteiger partial charge is 0.333 e. The fourth-order valence-corrected chi connectivity index (χ4v) is 8.90. The summed E-state index contributed by atoms with van der Waals surface area (Å²) in [5, 5.41) is 0. The summed E-state index contributed by atoms with van der Waals surface area (Å²) in [6, 6.07) is 0. The van der Waals surface area contributed by atoms with Crippen molar-refractivity contribution in [2.75, 3.05) is 0 Å². The first-order valence-electron chi connectivity index (χ1n) is 13.6. The highest BCUT2D eigenvalue weighted by molar-refractivity contribution is 6.00. The molecular weight excluding hydrogens is 456 g/mol. The van der Waals surface area contributed by atoms with E-state index in [1.54, 1.807) is 6.92 Å². The molecule has 0 aromatic heterocycles. The van der Waals surface area contributed by atoms with Gasteiger partial charge >= 0.3 is 11.9 Å². The van der Waals surface area contributed by atoms with Crippen LogP contribution in [0.5, 0.6) is 0 Å². The summed E-state index contributed by atoms with van der Waals surface area (Å²) in [5.41, 5.74) is 1.15. The van der Waals surface area contributed by atoms with Gasteiger partial charge in [-0.25, -0.2) is 9.59 Å².